The number of aryl methyl sites for hydroxylation is 1. The third-order valence-corrected chi connectivity index (χ3v) is 2.28. The molecule has 1 atom stereocenters. The Bertz CT molecular complexity index is 283. The van der Waals surface area contributed by atoms with Crippen molar-refractivity contribution >= 4 is 0 Å². The van der Waals surface area contributed by atoms with E-state index in [4.69, 9.17) is 4.74 Å². The minimum absolute atomic E-state index is 0.329. The molecule has 1 aromatic rings. The third kappa shape index (κ3) is 2.22. The Morgan fingerprint density at radius 1 is 1.38 bits per heavy atom. The molecule has 0 spiro atoms. The van der Waals surface area contributed by atoms with E-state index >= 15 is 0 Å². The lowest BCUT2D eigenvalue weighted by Crippen LogP contribution is -2.13. The Kier molecular flexibility index (Phi) is 3.32. The van der Waals surface area contributed by atoms with Crippen LogP contribution in [0.25, 0.3) is 0 Å². The highest BCUT2D eigenvalue weighted by Crippen LogP contribution is 2.25. The van der Waals surface area contributed by atoms with E-state index < -0.39 is 0 Å². The molecule has 0 saturated carbocycles. The second-order valence-electron chi connectivity index (χ2n) is 3.26. The Balaban J connectivity index is 3.07. The van der Waals surface area contributed by atoms with Gasteiger partial charge in [-0.1, -0.05) is 17.7 Å². The summed E-state index contributed by atoms with van der Waals surface area (Å²) in [6.07, 6.45) is 0. The third-order valence-electron chi connectivity index (χ3n) is 2.28. The summed E-state index contributed by atoms with van der Waals surface area (Å²) in [4.78, 5) is 0. The van der Waals surface area contributed by atoms with Crippen molar-refractivity contribution in [3.63, 3.8) is 0 Å². The van der Waals surface area contributed by atoms with Crippen LogP contribution in [0, 0.1) is 6.92 Å². The maximum atomic E-state index is 5.28. The predicted molar refractivity (Wildman–Crippen MR) is 55.2 cm³/mol. The van der Waals surface area contributed by atoms with Gasteiger partial charge in [0.1, 0.15) is 5.75 Å². The van der Waals surface area contributed by atoms with Crippen molar-refractivity contribution in [3.8, 4) is 5.75 Å². The standard InChI is InChI=1S/C11H17NO/c1-8-5-6-11(13-4)10(7-8)9(2)12-3/h5-7,9,12H,1-4H3/t9-/m1/s1. The van der Waals surface area contributed by atoms with Crippen molar-refractivity contribution < 1.29 is 4.74 Å². The Morgan fingerprint density at radius 3 is 2.62 bits per heavy atom. The lowest BCUT2D eigenvalue weighted by molar-refractivity contribution is 0.403. The lowest BCUT2D eigenvalue weighted by Gasteiger charge is -2.15. The molecule has 2 nitrogen and oxygen atoms in total. The molecule has 0 bridgehead atoms. The Morgan fingerprint density at radius 2 is 2.08 bits per heavy atom. The van der Waals surface area contributed by atoms with Gasteiger partial charge in [0.2, 0.25) is 0 Å². The van der Waals surface area contributed by atoms with Crippen LogP contribution in [0.1, 0.15) is 24.1 Å². The van der Waals surface area contributed by atoms with Crippen molar-refractivity contribution in [2.75, 3.05) is 14.2 Å². The van der Waals surface area contributed by atoms with E-state index in [0.717, 1.165) is 5.75 Å². The van der Waals surface area contributed by atoms with Gasteiger partial charge in [0, 0.05) is 11.6 Å². The second-order valence-corrected chi connectivity index (χ2v) is 3.26. The highest BCUT2D eigenvalue weighted by atomic mass is 16.5. The van der Waals surface area contributed by atoms with E-state index in [0.29, 0.717) is 6.04 Å². The van der Waals surface area contributed by atoms with Crippen LogP contribution in [-0.2, 0) is 0 Å². The first kappa shape index (κ1) is 10.1. The first-order valence-electron chi connectivity index (χ1n) is 4.51. The Labute approximate surface area is 79.9 Å². The zero-order valence-electron chi connectivity index (χ0n) is 8.72. The summed E-state index contributed by atoms with van der Waals surface area (Å²) in [5, 5.41) is 3.20. The van der Waals surface area contributed by atoms with Gasteiger partial charge >= 0.3 is 0 Å². The van der Waals surface area contributed by atoms with Crippen molar-refractivity contribution in [1.82, 2.24) is 5.32 Å². The molecule has 0 aliphatic rings. The number of ether oxygens (including phenoxy) is 1. The molecule has 13 heavy (non-hydrogen) atoms. The average molecular weight is 179 g/mol. The molecule has 0 radical (unpaired) electrons. The molecule has 0 heterocycles. The molecule has 2 heteroatoms. The van der Waals surface area contributed by atoms with E-state index in [-0.39, 0.29) is 0 Å². The van der Waals surface area contributed by atoms with Gasteiger partial charge in [-0.05, 0) is 27.0 Å². The summed E-state index contributed by atoms with van der Waals surface area (Å²) in [7, 11) is 3.66. The monoisotopic (exact) mass is 179 g/mol. The number of methoxy groups -OCH3 is 1. The molecule has 1 rings (SSSR count). The highest BCUT2D eigenvalue weighted by molar-refractivity contribution is 5.38. The smallest absolute Gasteiger partial charge is 0.123 e. The largest absolute Gasteiger partial charge is 0.496 e. The summed E-state index contributed by atoms with van der Waals surface area (Å²) in [5.74, 6) is 0.951. The molecule has 0 aliphatic heterocycles. The molecule has 1 aromatic carbocycles. The summed E-state index contributed by atoms with van der Waals surface area (Å²) in [6.45, 7) is 4.21. The highest BCUT2D eigenvalue weighted by Gasteiger charge is 2.08. The molecular formula is C11H17NO. The van der Waals surface area contributed by atoms with Gasteiger partial charge in [-0.15, -0.1) is 0 Å². The van der Waals surface area contributed by atoms with Crippen LogP contribution < -0.4 is 10.1 Å². The normalized spacial score (nSPS) is 12.6. The first-order valence-corrected chi connectivity index (χ1v) is 4.51. The second kappa shape index (κ2) is 4.28. The van der Waals surface area contributed by atoms with Gasteiger partial charge in [-0.25, -0.2) is 0 Å². The topological polar surface area (TPSA) is 21.3 Å². The van der Waals surface area contributed by atoms with Crippen LogP contribution in [0.2, 0.25) is 0 Å². The van der Waals surface area contributed by atoms with Gasteiger partial charge < -0.3 is 10.1 Å². The zero-order valence-corrected chi connectivity index (χ0v) is 8.72. The van der Waals surface area contributed by atoms with Gasteiger partial charge in [0.15, 0.2) is 0 Å². The quantitative estimate of drug-likeness (QED) is 0.768. The fraction of sp³-hybridized carbons (Fsp3) is 0.455. The van der Waals surface area contributed by atoms with Crippen molar-refractivity contribution in [2.45, 2.75) is 19.9 Å². The fourth-order valence-electron chi connectivity index (χ4n) is 1.35. The predicted octanol–water partition coefficient (Wildman–Crippen LogP) is 2.28. The first-order chi connectivity index (χ1) is 6.19. The number of hydrogen-bond donors (Lipinski definition) is 1. The van der Waals surface area contributed by atoms with Crippen LogP contribution in [0.15, 0.2) is 18.2 Å². The molecule has 0 fully saturated rings. The summed E-state index contributed by atoms with van der Waals surface area (Å²) >= 11 is 0. The molecule has 0 aromatic heterocycles. The molecule has 0 saturated heterocycles. The van der Waals surface area contributed by atoms with Gasteiger partial charge in [-0.3, -0.25) is 0 Å². The van der Waals surface area contributed by atoms with Gasteiger partial charge in [-0.2, -0.15) is 0 Å². The van der Waals surface area contributed by atoms with Crippen LogP contribution in [0.5, 0.6) is 5.75 Å². The average Bonchev–Trinajstić information content (AvgIpc) is 2.16. The van der Waals surface area contributed by atoms with E-state index in [1.165, 1.54) is 11.1 Å². The number of hydrogen-bond acceptors (Lipinski definition) is 2. The summed E-state index contributed by atoms with van der Waals surface area (Å²) < 4.78 is 5.28. The number of nitrogens with one attached hydrogen (secondary N) is 1. The van der Waals surface area contributed by atoms with Gasteiger partial charge in [0.05, 0.1) is 7.11 Å². The van der Waals surface area contributed by atoms with Crippen molar-refractivity contribution in [1.29, 1.82) is 0 Å². The molecular weight excluding hydrogens is 162 g/mol. The van der Waals surface area contributed by atoms with Crippen LogP contribution in [0.3, 0.4) is 0 Å². The molecule has 72 valence electrons. The van der Waals surface area contributed by atoms with Crippen molar-refractivity contribution in [3.05, 3.63) is 29.3 Å². The molecule has 0 aliphatic carbocycles. The van der Waals surface area contributed by atoms with E-state index in [1.807, 2.05) is 13.1 Å². The number of rotatable bonds is 3. The maximum Gasteiger partial charge on any atom is 0.123 e. The minimum Gasteiger partial charge on any atom is -0.496 e. The van der Waals surface area contributed by atoms with E-state index in [2.05, 4.69) is 31.3 Å². The maximum absolute atomic E-state index is 5.28. The van der Waals surface area contributed by atoms with Crippen LogP contribution >= 0.6 is 0 Å². The van der Waals surface area contributed by atoms with Crippen molar-refractivity contribution in [2.24, 2.45) is 0 Å². The van der Waals surface area contributed by atoms with Crippen LogP contribution in [-0.4, -0.2) is 14.2 Å². The SMILES string of the molecule is CN[C@H](C)c1cc(C)ccc1OC. The van der Waals surface area contributed by atoms with E-state index in [9.17, 15) is 0 Å². The number of benzene rings is 1. The minimum atomic E-state index is 0.329. The van der Waals surface area contributed by atoms with Gasteiger partial charge in [0.25, 0.3) is 0 Å². The van der Waals surface area contributed by atoms with E-state index in [1.54, 1.807) is 7.11 Å². The fourth-order valence-corrected chi connectivity index (χ4v) is 1.35. The molecule has 0 amide bonds. The lowest BCUT2D eigenvalue weighted by atomic mass is 10.0. The zero-order chi connectivity index (χ0) is 9.84. The van der Waals surface area contributed by atoms with Crippen LogP contribution in [0.4, 0.5) is 0 Å². The summed E-state index contributed by atoms with van der Waals surface area (Å²) in [6, 6.07) is 6.55. The molecule has 0 unspecified atom stereocenters. The Hall–Kier alpha value is -1.02. The molecule has 1 N–H and O–H groups in total. The summed E-state index contributed by atoms with van der Waals surface area (Å²) in [5.41, 5.74) is 2.47.